The first kappa shape index (κ1) is 25.6. The molecule has 10 heteroatoms. The number of carbonyl (C=O) groups excluding carboxylic acids is 1. The highest BCUT2D eigenvalue weighted by molar-refractivity contribution is 5.98. The maximum Gasteiger partial charge on any atom is 0.392 e. The first-order valence-electron chi connectivity index (χ1n) is 11.4. The summed E-state index contributed by atoms with van der Waals surface area (Å²) in [6.07, 6.45) is -2.64. The van der Waals surface area contributed by atoms with Gasteiger partial charge in [0.25, 0.3) is 5.91 Å². The molecule has 1 aliphatic rings. The average molecular weight is 480 g/mol. The Morgan fingerprint density at radius 1 is 1.12 bits per heavy atom. The van der Waals surface area contributed by atoms with Gasteiger partial charge in [0.2, 0.25) is 0 Å². The molecule has 1 saturated heterocycles. The monoisotopic (exact) mass is 479 g/mol. The summed E-state index contributed by atoms with van der Waals surface area (Å²) in [6.45, 7) is 4.46. The Labute approximate surface area is 198 Å². The molecule has 2 heterocycles. The molecule has 1 aliphatic heterocycles. The van der Waals surface area contributed by atoms with E-state index in [1.54, 1.807) is 44.6 Å². The van der Waals surface area contributed by atoms with Crippen LogP contribution in [0.4, 0.5) is 24.7 Å². The number of alkyl halides is 3. The average Bonchev–Trinajstić information content (AvgIpc) is 2.81. The smallest absolute Gasteiger partial charge is 0.392 e. The molecule has 0 spiro atoms. The molecule has 1 amide bonds. The number of rotatable bonds is 10. The molecule has 1 aromatic carbocycles. The van der Waals surface area contributed by atoms with Crippen molar-refractivity contribution < 1.29 is 22.7 Å². The number of hydrogen-bond acceptors (Lipinski definition) is 6. The number of amides is 1. The summed E-state index contributed by atoms with van der Waals surface area (Å²) in [5.74, 6) is 0.991. The number of anilines is 2. The first-order chi connectivity index (χ1) is 16.2. The summed E-state index contributed by atoms with van der Waals surface area (Å²) in [5, 5.41) is 3.27. The van der Waals surface area contributed by atoms with Gasteiger partial charge in [-0.3, -0.25) is 9.69 Å². The number of benzene rings is 1. The predicted molar refractivity (Wildman–Crippen MR) is 127 cm³/mol. The van der Waals surface area contributed by atoms with E-state index in [9.17, 15) is 18.0 Å². The van der Waals surface area contributed by atoms with Crippen LogP contribution in [0.25, 0.3) is 0 Å². The van der Waals surface area contributed by atoms with Crippen molar-refractivity contribution >= 4 is 17.4 Å². The minimum Gasteiger partial charge on any atom is -0.491 e. The zero-order chi connectivity index (χ0) is 24.6. The summed E-state index contributed by atoms with van der Waals surface area (Å²) in [4.78, 5) is 22.6. The molecule has 0 atom stereocenters. The van der Waals surface area contributed by atoms with Crippen LogP contribution in [0.1, 0.15) is 23.2 Å². The van der Waals surface area contributed by atoms with Gasteiger partial charge in [-0.25, -0.2) is 4.98 Å². The Hall–Kier alpha value is -3.01. The van der Waals surface area contributed by atoms with Gasteiger partial charge in [-0.1, -0.05) is 12.1 Å². The zero-order valence-corrected chi connectivity index (χ0v) is 19.6. The fraction of sp³-hybridized carbons (Fsp3) is 0.500. The van der Waals surface area contributed by atoms with Crippen LogP contribution in [0.5, 0.6) is 5.75 Å². The van der Waals surface area contributed by atoms with Crippen LogP contribution in [-0.2, 0) is 0 Å². The number of ether oxygens (including phenoxy) is 1. The summed E-state index contributed by atoms with van der Waals surface area (Å²) in [5.41, 5.74) is 1.39. The number of aromatic nitrogens is 1. The number of para-hydroxylation sites is 2. The fourth-order valence-corrected chi connectivity index (χ4v) is 3.80. The van der Waals surface area contributed by atoms with Gasteiger partial charge in [0, 0.05) is 53.0 Å². The molecule has 7 nitrogen and oxygen atoms in total. The molecule has 2 aromatic rings. The van der Waals surface area contributed by atoms with Crippen LogP contribution in [0.15, 0.2) is 42.6 Å². The highest BCUT2D eigenvalue weighted by Crippen LogP contribution is 2.30. The van der Waals surface area contributed by atoms with Crippen molar-refractivity contribution in [3.63, 3.8) is 0 Å². The van der Waals surface area contributed by atoms with E-state index in [0.29, 0.717) is 23.7 Å². The quantitative estimate of drug-likeness (QED) is 0.524. The molecular weight excluding hydrogens is 447 g/mol. The van der Waals surface area contributed by atoms with Crippen LogP contribution in [0.2, 0.25) is 0 Å². The van der Waals surface area contributed by atoms with Gasteiger partial charge >= 0.3 is 6.18 Å². The van der Waals surface area contributed by atoms with E-state index in [1.165, 1.54) is 4.90 Å². The summed E-state index contributed by atoms with van der Waals surface area (Å²) >= 11 is 0. The number of halogens is 3. The molecular formula is C24H32F3N5O2. The lowest BCUT2D eigenvalue weighted by atomic mass is 10.2. The first-order valence-corrected chi connectivity index (χ1v) is 11.4. The largest absolute Gasteiger partial charge is 0.491 e. The lowest BCUT2D eigenvalue weighted by molar-refractivity contribution is -0.139. The highest BCUT2D eigenvalue weighted by atomic mass is 19.4. The van der Waals surface area contributed by atoms with E-state index < -0.39 is 12.6 Å². The van der Waals surface area contributed by atoms with Crippen LogP contribution in [0, 0.1) is 0 Å². The number of carbonyl (C=O) groups is 1. The summed E-state index contributed by atoms with van der Waals surface area (Å²) < 4.78 is 42.8. The second-order valence-electron chi connectivity index (χ2n) is 8.39. The van der Waals surface area contributed by atoms with Crippen LogP contribution in [0.3, 0.4) is 0 Å². The molecule has 0 bridgehead atoms. The standard InChI is InChI=1S/C24H32F3N5O2/c1-30(2)23(33)19-7-5-11-28-22(19)29-12-6-13-31-14-16-32(17-15-31)20-8-3-4-9-21(20)34-18-10-24(25,26)27/h3-5,7-9,11H,6,10,12-18H2,1-2H3,(H,28,29). The Morgan fingerprint density at radius 2 is 1.85 bits per heavy atom. The van der Waals surface area contributed by atoms with E-state index in [4.69, 9.17) is 4.74 Å². The third kappa shape index (κ3) is 7.51. The maximum atomic E-state index is 12.4. The summed E-state index contributed by atoms with van der Waals surface area (Å²) in [7, 11) is 3.43. The molecule has 0 radical (unpaired) electrons. The Balaban J connectivity index is 1.43. The van der Waals surface area contributed by atoms with Crippen molar-refractivity contribution in [2.75, 3.05) is 70.2 Å². The van der Waals surface area contributed by atoms with Gasteiger partial charge in [0.05, 0.1) is 24.3 Å². The number of hydrogen-bond donors (Lipinski definition) is 1. The lowest BCUT2D eigenvalue weighted by Crippen LogP contribution is -2.47. The van der Waals surface area contributed by atoms with Crippen molar-refractivity contribution in [2.24, 2.45) is 0 Å². The minimum absolute atomic E-state index is 0.0885. The van der Waals surface area contributed by atoms with Crippen LogP contribution < -0.4 is 15.0 Å². The van der Waals surface area contributed by atoms with Crippen molar-refractivity contribution in [2.45, 2.75) is 19.0 Å². The van der Waals surface area contributed by atoms with Crippen LogP contribution in [-0.4, -0.2) is 86.8 Å². The molecule has 1 fully saturated rings. The molecule has 0 aliphatic carbocycles. The molecule has 1 N–H and O–H groups in total. The predicted octanol–water partition coefficient (Wildman–Crippen LogP) is 3.74. The van der Waals surface area contributed by atoms with Crippen molar-refractivity contribution in [3.05, 3.63) is 48.2 Å². The Bertz CT molecular complexity index is 931. The van der Waals surface area contributed by atoms with Gasteiger partial charge in [-0.05, 0) is 37.2 Å². The molecule has 0 saturated carbocycles. The van der Waals surface area contributed by atoms with Crippen LogP contribution >= 0.6 is 0 Å². The molecule has 186 valence electrons. The Morgan fingerprint density at radius 3 is 2.56 bits per heavy atom. The zero-order valence-electron chi connectivity index (χ0n) is 19.6. The summed E-state index contributed by atoms with van der Waals surface area (Å²) in [6, 6.07) is 10.8. The lowest BCUT2D eigenvalue weighted by Gasteiger charge is -2.36. The minimum atomic E-state index is -4.23. The molecule has 0 unspecified atom stereocenters. The van der Waals surface area contributed by atoms with Gasteiger partial charge in [-0.15, -0.1) is 0 Å². The third-order valence-corrected chi connectivity index (χ3v) is 5.61. The van der Waals surface area contributed by atoms with E-state index in [2.05, 4.69) is 20.1 Å². The van der Waals surface area contributed by atoms with E-state index in [-0.39, 0.29) is 12.5 Å². The fourth-order valence-electron chi connectivity index (χ4n) is 3.80. The topological polar surface area (TPSA) is 60.9 Å². The van der Waals surface area contributed by atoms with Gasteiger partial charge in [0.1, 0.15) is 11.6 Å². The van der Waals surface area contributed by atoms with Gasteiger partial charge in [-0.2, -0.15) is 13.2 Å². The maximum absolute atomic E-state index is 12.4. The van der Waals surface area contributed by atoms with E-state index in [0.717, 1.165) is 44.8 Å². The number of nitrogens with one attached hydrogen (secondary N) is 1. The number of piperazine rings is 1. The highest BCUT2D eigenvalue weighted by Gasteiger charge is 2.27. The van der Waals surface area contributed by atoms with Gasteiger partial charge in [0.15, 0.2) is 0 Å². The van der Waals surface area contributed by atoms with Crippen molar-refractivity contribution in [1.82, 2.24) is 14.8 Å². The van der Waals surface area contributed by atoms with Gasteiger partial charge < -0.3 is 19.9 Å². The molecule has 34 heavy (non-hydrogen) atoms. The number of nitrogens with zero attached hydrogens (tertiary/aromatic N) is 4. The SMILES string of the molecule is CN(C)C(=O)c1cccnc1NCCCN1CCN(c2ccccc2OCCC(F)(F)F)CC1. The number of pyridine rings is 1. The second kappa shape index (κ2) is 11.9. The van der Waals surface area contributed by atoms with E-state index in [1.807, 2.05) is 12.1 Å². The van der Waals surface area contributed by atoms with Crippen molar-refractivity contribution in [1.29, 1.82) is 0 Å². The molecule has 3 rings (SSSR count). The second-order valence-corrected chi connectivity index (χ2v) is 8.39. The third-order valence-electron chi connectivity index (χ3n) is 5.61. The molecule has 1 aromatic heterocycles. The normalized spacial score (nSPS) is 14.7. The van der Waals surface area contributed by atoms with E-state index >= 15 is 0 Å². The Kier molecular flexibility index (Phi) is 8.98. The van der Waals surface area contributed by atoms with Crippen molar-refractivity contribution in [3.8, 4) is 5.75 Å².